The second-order valence-corrected chi connectivity index (χ2v) is 10.6. The van der Waals surface area contributed by atoms with E-state index in [4.69, 9.17) is 19.9 Å². The molecule has 0 fully saturated rings. The molecule has 1 aliphatic heterocycles. The number of halogens is 1. The molecule has 1 atom stereocenters. The molecule has 4 rings (SSSR count). The number of benzene rings is 3. The molecule has 0 bridgehead atoms. The van der Waals surface area contributed by atoms with Crippen LogP contribution in [0.5, 0.6) is 17.2 Å². The summed E-state index contributed by atoms with van der Waals surface area (Å²) >= 11 is 3.43. The van der Waals surface area contributed by atoms with Gasteiger partial charge < -0.3 is 30.4 Å². The summed E-state index contributed by atoms with van der Waals surface area (Å²) < 4.78 is 17.3. The van der Waals surface area contributed by atoms with Gasteiger partial charge >= 0.3 is 6.09 Å². The number of phenolic OH excluding ortho intramolecular Hbond substituents is 1. The predicted octanol–water partition coefficient (Wildman–Crippen LogP) is 6.76. The number of fused-ring (bicyclic) bond motifs is 1. The van der Waals surface area contributed by atoms with Crippen molar-refractivity contribution in [1.82, 2.24) is 0 Å². The third kappa shape index (κ3) is 7.23. The number of carbonyl (C=O) groups excluding carboxylic acids is 2. The van der Waals surface area contributed by atoms with E-state index in [9.17, 15) is 14.7 Å². The first kappa shape index (κ1) is 27.8. The predicted molar refractivity (Wildman–Crippen MR) is 153 cm³/mol. The summed E-state index contributed by atoms with van der Waals surface area (Å²) in [7, 11) is 0. The van der Waals surface area contributed by atoms with Crippen molar-refractivity contribution >= 4 is 45.0 Å². The van der Waals surface area contributed by atoms with Crippen molar-refractivity contribution in [3.63, 3.8) is 0 Å². The van der Waals surface area contributed by atoms with Gasteiger partial charge in [0.15, 0.2) is 11.5 Å². The molecule has 1 aliphatic rings. The van der Waals surface area contributed by atoms with Crippen molar-refractivity contribution in [2.75, 3.05) is 23.2 Å². The van der Waals surface area contributed by atoms with Crippen LogP contribution in [-0.2, 0) is 9.53 Å². The van der Waals surface area contributed by atoms with E-state index in [1.54, 1.807) is 66.7 Å². The third-order valence-electron chi connectivity index (χ3n) is 6.27. The smallest absolute Gasteiger partial charge is 0.412 e. The Balaban J connectivity index is 1.45. The second-order valence-electron chi connectivity index (χ2n) is 9.69. The van der Waals surface area contributed by atoms with Crippen LogP contribution in [-0.4, -0.2) is 23.9 Å². The standard InChI is InChI=1S/C29H30BrN3O6/c1-29(2,14-6-5-9-26(35)33-22-8-4-3-7-21(22)31)27(20-15-18(30)10-12-23(20)34)39-28(36)32-19-11-13-24-25(16-19)38-17-37-24/h3-5,7-13,15-16,27,34H,6,14,17,31H2,1-2H3,(H,32,36)(H,33,35)/b9-5+/t27-/m1/s1. The average molecular weight is 596 g/mol. The van der Waals surface area contributed by atoms with Crippen LogP contribution in [0.25, 0.3) is 0 Å². The minimum absolute atomic E-state index is 0.00234. The summed E-state index contributed by atoms with van der Waals surface area (Å²) in [6.45, 7) is 3.99. The molecule has 1 heterocycles. The van der Waals surface area contributed by atoms with Crippen molar-refractivity contribution in [1.29, 1.82) is 0 Å². The zero-order chi connectivity index (χ0) is 28.0. The number of carbonyl (C=O) groups is 2. The van der Waals surface area contributed by atoms with Crippen LogP contribution in [0.2, 0.25) is 0 Å². The Labute approximate surface area is 235 Å². The van der Waals surface area contributed by atoms with Crippen LogP contribution in [0.4, 0.5) is 21.9 Å². The van der Waals surface area contributed by atoms with Crippen LogP contribution >= 0.6 is 15.9 Å². The summed E-state index contributed by atoms with van der Waals surface area (Å²) in [5.41, 5.74) is 7.21. The number of para-hydroxylation sites is 2. The molecule has 5 N–H and O–H groups in total. The van der Waals surface area contributed by atoms with Gasteiger partial charge in [-0.05, 0) is 61.4 Å². The van der Waals surface area contributed by atoms with E-state index in [1.165, 1.54) is 6.08 Å². The third-order valence-corrected chi connectivity index (χ3v) is 6.76. The number of amides is 2. The van der Waals surface area contributed by atoms with Crippen molar-refractivity contribution in [3.05, 3.63) is 82.9 Å². The van der Waals surface area contributed by atoms with Gasteiger partial charge in [-0.25, -0.2) is 4.79 Å². The normalized spacial score (nSPS) is 13.2. The Kier molecular flexibility index (Phi) is 8.65. The Bertz CT molecular complexity index is 1390. The van der Waals surface area contributed by atoms with Gasteiger partial charge in [0.1, 0.15) is 11.9 Å². The van der Waals surface area contributed by atoms with E-state index >= 15 is 0 Å². The zero-order valence-corrected chi connectivity index (χ0v) is 23.2. The molecule has 0 saturated heterocycles. The molecule has 0 saturated carbocycles. The summed E-state index contributed by atoms with van der Waals surface area (Å²) in [5.74, 6) is 0.829. The first-order valence-electron chi connectivity index (χ1n) is 12.3. The van der Waals surface area contributed by atoms with Crippen LogP contribution in [0.3, 0.4) is 0 Å². The van der Waals surface area contributed by atoms with Crippen LogP contribution in [0.1, 0.15) is 38.4 Å². The van der Waals surface area contributed by atoms with Gasteiger partial charge in [-0.2, -0.15) is 0 Å². The summed E-state index contributed by atoms with van der Waals surface area (Å²) in [6, 6.07) is 17.0. The highest BCUT2D eigenvalue weighted by atomic mass is 79.9. The van der Waals surface area contributed by atoms with E-state index < -0.39 is 17.6 Å². The molecule has 10 heteroatoms. The van der Waals surface area contributed by atoms with Gasteiger partial charge in [0.2, 0.25) is 12.7 Å². The SMILES string of the molecule is CC(C)(CC/C=C/C(=O)Nc1ccccc1N)[C@H](OC(=O)Nc1ccc2c(c1)OCO2)c1cc(Br)ccc1O. The fourth-order valence-electron chi connectivity index (χ4n) is 4.17. The number of nitrogen functional groups attached to an aromatic ring is 1. The maximum absolute atomic E-state index is 13.0. The molecule has 0 radical (unpaired) electrons. The number of phenols is 1. The molecule has 3 aromatic carbocycles. The number of nitrogens with one attached hydrogen (secondary N) is 2. The summed E-state index contributed by atoms with van der Waals surface area (Å²) in [4.78, 5) is 25.3. The van der Waals surface area contributed by atoms with Crippen LogP contribution < -0.4 is 25.8 Å². The van der Waals surface area contributed by atoms with Gasteiger partial charge in [0.05, 0.1) is 11.4 Å². The topological polar surface area (TPSA) is 132 Å². The molecular formula is C29H30BrN3O6. The molecule has 0 spiro atoms. The lowest BCUT2D eigenvalue weighted by atomic mass is 9.78. The number of allylic oxidation sites excluding steroid dienone is 1. The van der Waals surface area contributed by atoms with Gasteiger partial charge in [-0.3, -0.25) is 10.1 Å². The first-order chi connectivity index (χ1) is 18.6. The Morgan fingerprint density at radius 3 is 2.67 bits per heavy atom. The maximum Gasteiger partial charge on any atom is 0.412 e. The van der Waals surface area contributed by atoms with Crippen molar-refractivity contribution in [2.45, 2.75) is 32.8 Å². The Morgan fingerprint density at radius 1 is 1.10 bits per heavy atom. The molecule has 0 aromatic heterocycles. The lowest BCUT2D eigenvalue weighted by Crippen LogP contribution is -2.29. The van der Waals surface area contributed by atoms with E-state index in [1.807, 2.05) is 13.8 Å². The number of hydrogen-bond acceptors (Lipinski definition) is 7. The van der Waals surface area contributed by atoms with Gasteiger partial charge in [-0.15, -0.1) is 0 Å². The second kappa shape index (κ2) is 12.1. The van der Waals surface area contributed by atoms with Crippen molar-refractivity contribution < 1.29 is 28.9 Å². The number of hydrogen-bond donors (Lipinski definition) is 4. The monoisotopic (exact) mass is 595 g/mol. The molecule has 2 amide bonds. The molecule has 204 valence electrons. The van der Waals surface area contributed by atoms with Crippen molar-refractivity contribution in [3.8, 4) is 17.2 Å². The molecular weight excluding hydrogens is 566 g/mol. The number of rotatable bonds is 9. The quantitative estimate of drug-likeness (QED) is 0.159. The molecule has 9 nitrogen and oxygen atoms in total. The van der Waals surface area contributed by atoms with Crippen LogP contribution in [0.15, 0.2) is 77.3 Å². The molecule has 0 aliphatic carbocycles. The van der Waals surface area contributed by atoms with Gasteiger partial charge in [0, 0.05) is 27.2 Å². The highest BCUT2D eigenvalue weighted by molar-refractivity contribution is 9.10. The van der Waals surface area contributed by atoms with Gasteiger partial charge in [0.25, 0.3) is 0 Å². The van der Waals surface area contributed by atoms with Crippen molar-refractivity contribution in [2.24, 2.45) is 5.41 Å². The highest BCUT2D eigenvalue weighted by Crippen LogP contribution is 2.44. The average Bonchev–Trinajstić information content (AvgIpc) is 3.36. The lowest BCUT2D eigenvalue weighted by molar-refractivity contribution is -0.111. The molecule has 0 unspecified atom stereocenters. The van der Waals surface area contributed by atoms with Crippen LogP contribution in [0, 0.1) is 5.41 Å². The fourth-order valence-corrected chi connectivity index (χ4v) is 4.55. The Morgan fingerprint density at radius 2 is 1.87 bits per heavy atom. The lowest BCUT2D eigenvalue weighted by Gasteiger charge is -2.34. The highest BCUT2D eigenvalue weighted by Gasteiger charge is 2.36. The van der Waals surface area contributed by atoms with E-state index in [0.29, 0.717) is 47.0 Å². The maximum atomic E-state index is 13.0. The Hall–Kier alpha value is -4.18. The molecule has 3 aromatic rings. The fraction of sp³-hybridized carbons (Fsp3) is 0.241. The first-order valence-corrected chi connectivity index (χ1v) is 13.1. The van der Waals surface area contributed by atoms with E-state index in [2.05, 4.69) is 26.6 Å². The molecule has 39 heavy (non-hydrogen) atoms. The number of nitrogens with two attached hydrogens (primary N) is 1. The summed E-state index contributed by atoms with van der Waals surface area (Å²) in [5, 5.41) is 16.1. The largest absolute Gasteiger partial charge is 0.508 e. The number of aromatic hydroxyl groups is 1. The zero-order valence-electron chi connectivity index (χ0n) is 21.6. The number of ether oxygens (including phenoxy) is 3. The summed E-state index contributed by atoms with van der Waals surface area (Å²) in [6.07, 6.45) is 2.75. The minimum atomic E-state index is -0.810. The van der Waals surface area contributed by atoms with Gasteiger partial charge in [-0.1, -0.05) is 48.0 Å². The van der Waals surface area contributed by atoms with E-state index in [-0.39, 0.29) is 18.4 Å². The minimum Gasteiger partial charge on any atom is -0.508 e. The number of anilines is 3. The van der Waals surface area contributed by atoms with E-state index in [0.717, 1.165) is 4.47 Å².